The van der Waals surface area contributed by atoms with Gasteiger partial charge in [-0.2, -0.15) is 0 Å². The molecule has 1 saturated heterocycles. The third kappa shape index (κ3) is 5.11. The molecule has 1 aliphatic rings. The van der Waals surface area contributed by atoms with Gasteiger partial charge in [0.1, 0.15) is 6.61 Å². The van der Waals surface area contributed by atoms with Crippen LogP contribution in [-0.2, 0) is 9.53 Å². The van der Waals surface area contributed by atoms with Gasteiger partial charge in [-0.1, -0.05) is 18.2 Å². The van der Waals surface area contributed by atoms with Crippen molar-refractivity contribution in [2.24, 2.45) is 5.73 Å². The molecule has 2 N–H and O–H groups in total. The van der Waals surface area contributed by atoms with Gasteiger partial charge in [0, 0.05) is 50.2 Å². The van der Waals surface area contributed by atoms with Crippen LogP contribution in [0.5, 0.6) is 0 Å². The molecule has 2 rings (SSSR count). The second-order valence-electron chi connectivity index (χ2n) is 5.22. The van der Waals surface area contributed by atoms with Gasteiger partial charge in [-0.05, 0) is 19.1 Å². The van der Waals surface area contributed by atoms with Crippen molar-refractivity contribution in [2.75, 3.05) is 44.2 Å². The van der Waals surface area contributed by atoms with E-state index in [-0.39, 0.29) is 5.97 Å². The van der Waals surface area contributed by atoms with Gasteiger partial charge in [0.15, 0.2) is 0 Å². The molecule has 1 fully saturated rings. The number of esters is 1. The Morgan fingerprint density at radius 1 is 1.24 bits per heavy atom. The molecule has 1 aromatic rings. The van der Waals surface area contributed by atoms with Crippen LogP contribution >= 0.6 is 0 Å². The summed E-state index contributed by atoms with van der Waals surface area (Å²) in [5, 5.41) is 0. The molecule has 0 aliphatic carbocycles. The molecule has 0 aromatic heterocycles. The Labute approximate surface area is 126 Å². The highest BCUT2D eigenvalue weighted by Crippen LogP contribution is 2.15. The highest BCUT2D eigenvalue weighted by atomic mass is 16.5. The number of allylic oxidation sites excluding steroid dienone is 1. The van der Waals surface area contributed by atoms with Crippen LogP contribution in [0.4, 0.5) is 5.69 Å². The van der Waals surface area contributed by atoms with Crippen molar-refractivity contribution in [1.82, 2.24) is 4.90 Å². The quantitative estimate of drug-likeness (QED) is 0.652. The van der Waals surface area contributed by atoms with E-state index in [0.29, 0.717) is 12.3 Å². The largest absolute Gasteiger partial charge is 0.461 e. The molecular weight excluding hydrogens is 266 g/mol. The number of hydrogen-bond acceptors (Lipinski definition) is 5. The fourth-order valence-electron chi connectivity index (χ4n) is 2.37. The third-order valence-electron chi connectivity index (χ3n) is 3.49. The number of para-hydroxylation sites is 1. The highest BCUT2D eigenvalue weighted by Gasteiger charge is 2.16. The lowest BCUT2D eigenvalue weighted by Crippen LogP contribution is -2.47. The molecule has 0 spiro atoms. The first kappa shape index (κ1) is 15.4. The van der Waals surface area contributed by atoms with Crippen LogP contribution in [0.25, 0.3) is 0 Å². The van der Waals surface area contributed by atoms with Crippen molar-refractivity contribution in [3.05, 3.63) is 42.1 Å². The van der Waals surface area contributed by atoms with Crippen molar-refractivity contribution >= 4 is 11.7 Å². The topological polar surface area (TPSA) is 58.8 Å². The zero-order valence-corrected chi connectivity index (χ0v) is 12.5. The first-order chi connectivity index (χ1) is 10.1. The van der Waals surface area contributed by atoms with E-state index in [4.69, 9.17) is 10.5 Å². The number of carbonyl (C=O) groups is 1. The van der Waals surface area contributed by atoms with E-state index in [1.807, 2.05) is 6.07 Å². The molecule has 5 heteroatoms. The highest BCUT2D eigenvalue weighted by molar-refractivity contribution is 5.82. The molecule has 0 saturated carbocycles. The Balaban J connectivity index is 1.68. The minimum Gasteiger partial charge on any atom is -0.461 e. The summed E-state index contributed by atoms with van der Waals surface area (Å²) < 4.78 is 5.12. The molecule has 114 valence electrons. The van der Waals surface area contributed by atoms with Crippen LogP contribution in [0.2, 0.25) is 0 Å². The number of rotatable bonds is 5. The lowest BCUT2D eigenvalue weighted by Gasteiger charge is -2.35. The van der Waals surface area contributed by atoms with E-state index in [2.05, 4.69) is 34.1 Å². The van der Waals surface area contributed by atoms with Crippen LogP contribution in [0, 0.1) is 0 Å². The molecule has 0 radical (unpaired) electrons. The zero-order chi connectivity index (χ0) is 15.1. The van der Waals surface area contributed by atoms with Crippen molar-refractivity contribution in [2.45, 2.75) is 6.92 Å². The first-order valence-electron chi connectivity index (χ1n) is 7.28. The number of ether oxygens (including phenoxy) is 1. The van der Waals surface area contributed by atoms with Gasteiger partial charge in [0.2, 0.25) is 0 Å². The van der Waals surface area contributed by atoms with Gasteiger partial charge >= 0.3 is 5.97 Å². The molecule has 1 heterocycles. The Morgan fingerprint density at radius 2 is 1.90 bits per heavy atom. The van der Waals surface area contributed by atoms with Crippen molar-refractivity contribution < 1.29 is 9.53 Å². The lowest BCUT2D eigenvalue weighted by molar-refractivity contribution is -0.138. The molecule has 0 bridgehead atoms. The van der Waals surface area contributed by atoms with Gasteiger partial charge in [-0.15, -0.1) is 0 Å². The minimum atomic E-state index is -0.363. The van der Waals surface area contributed by atoms with E-state index in [1.54, 1.807) is 6.92 Å². The van der Waals surface area contributed by atoms with Crippen molar-refractivity contribution in [1.29, 1.82) is 0 Å². The van der Waals surface area contributed by atoms with E-state index >= 15 is 0 Å². The van der Waals surface area contributed by atoms with E-state index in [1.165, 1.54) is 11.8 Å². The van der Waals surface area contributed by atoms with Crippen LogP contribution in [0.1, 0.15) is 6.92 Å². The van der Waals surface area contributed by atoms with E-state index in [9.17, 15) is 4.79 Å². The summed E-state index contributed by atoms with van der Waals surface area (Å²) in [6.07, 6.45) is 1.31. The minimum absolute atomic E-state index is 0.363. The Bertz CT molecular complexity index is 476. The molecule has 1 aliphatic heterocycles. The molecule has 0 amide bonds. The zero-order valence-electron chi connectivity index (χ0n) is 12.5. The number of piperazine rings is 1. The van der Waals surface area contributed by atoms with Gasteiger partial charge in [-0.3, -0.25) is 4.90 Å². The Morgan fingerprint density at radius 3 is 2.52 bits per heavy atom. The second-order valence-corrected chi connectivity index (χ2v) is 5.22. The number of anilines is 1. The van der Waals surface area contributed by atoms with E-state index < -0.39 is 0 Å². The maximum absolute atomic E-state index is 11.3. The van der Waals surface area contributed by atoms with Crippen LogP contribution < -0.4 is 10.6 Å². The van der Waals surface area contributed by atoms with Gasteiger partial charge in [0.05, 0.1) is 0 Å². The summed E-state index contributed by atoms with van der Waals surface area (Å²) in [6.45, 7) is 6.82. The molecule has 21 heavy (non-hydrogen) atoms. The monoisotopic (exact) mass is 289 g/mol. The molecule has 5 nitrogen and oxygen atoms in total. The van der Waals surface area contributed by atoms with Gasteiger partial charge in [0.25, 0.3) is 0 Å². The average Bonchev–Trinajstić information content (AvgIpc) is 2.48. The van der Waals surface area contributed by atoms with Crippen molar-refractivity contribution in [3.8, 4) is 0 Å². The summed E-state index contributed by atoms with van der Waals surface area (Å²) in [6, 6.07) is 10.4. The maximum Gasteiger partial charge on any atom is 0.332 e. The number of nitrogens with zero attached hydrogens (tertiary/aromatic N) is 2. The fraction of sp³-hybridized carbons (Fsp3) is 0.438. The number of hydrogen-bond donors (Lipinski definition) is 1. The summed E-state index contributed by atoms with van der Waals surface area (Å²) in [5.74, 6) is -0.363. The van der Waals surface area contributed by atoms with Gasteiger partial charge < -0.3 is 15.4 Å². The van der Waals surface area contributed by atoms with Crippen LogP contribution in [0.3, 0.4) is 0 Å². The molecule has 0 unspecified atom stereocenters. The second kappa shape index (κ2) is 7.69. The summed E-state index contributed by atoms with van der Waals surface area (Å²) in [7, 11) is 0. The first-order valence-corrected chi connectivity index (χ1v) is 7.28. The third-order valence-corrected chi connectivity index (χ3v) is 3.49. The van der Waals surface area contributed by atoms with Crippen LogP contribution in [0.15, 0.2) is 42.1 Å². The van der Waals surface area contributed by atoms with E-state index in [0.717, 1.165) is 32.7 Å². The smallest absolute Gasteiger partial charge is 0.332 e. The Hall–Kier alpha value is -2.01. The standard InChI is InChI=1S/C16H23N3O2/c1-14(17)13-16(20)21-12-11-18-7-9-19(10-8-18)15-5-3-2-4-6-15/h2-6,13H,7-12,17H2,1H3. The fourth-order valence-corrected chi connectivity index (χ4v) is 2.37. The summed E-state index contributed by atoms with van der Waals surface area (Å²) in [4.78, 5) is 16.0. The molecular formula is C16H23N3O2. The predicted molar refractivity (Wildman–Crippen MR) is 84.0 cm³/mol. The van der Waals surface area contributed by atoms with Gasteiger partial charge in [-0.25, -0.2) is 4.79 Å². The molecule has 1 aromatic carbocycles. The summed E-state index contributed by atoms with van der Waals surface area (Å²) >= 11 is 0. The number of nitrogens with two attached hydrogens (primary N) is 1. The SMILES string of the molecule is CC(N)=CC(=O)OCCN1CCN(c2ccccc2)CC1. The normalized spacial score (nSPS) is 16.8. The Kier molecular flexibility index (Phi) is 5.63. The average molecular weight is 289 g/mol. The molecule has 0 atom stereocenters. The van der Waals surface area contributed by atoms with Crippen molar-refractivity contribution in [3.63, 3.8) is 0 Å². The number of benzene rings is 1. The number of carbonyl (C=O) groups excluding carboxylic acids is 1. The predicted octanol–water partition coefficient (Wildman–Crippen LogP) is 1.21. The lowest BCUT2D eigenvalue weighted by atomic mass is 10.2. The van der Waals surface area contributed by atoms with Crippen LogP contribution in [-0.4, -0.2) is 50.2 Å². The maximum atomic E-state index is 11.3. The summed E-state index contributed by atoms with van der Waals surface area (Å²) in [5.41, 5.74) is 7.16.